The predicted molar refractivity (Wildman–Crippen MR) is 137 cm³/mol. The maximum absolute atomic E-state index is 14.1. The molecule has 184 valence electrons. The Morgan fingerprint density at radius 1 is 1.20 bits per heavy atom. The van der Waals surface area contributed by atoms with E-state index in [9.17, 15) is 9.18 Å². The van der Waals surface area contributed by atoms with Gasteiger partial charge in [-0.25, -0.2) is 13.9 Å². The average Bonchev–Trinajstić information content (AvgIpc) is 3.25. The van der Waals surface area contributed by atoms with Gasteiger partial charge in [0.25, 0.3) is 0 Å². The normalized spacial score (nSPS) is 14.9. The van der Waals surface area contributed by atoms with Crippen LogP contribution in [0, 0.1) is 5.82 Å². The van der Waals surface area contributed by atoms with Crippen LogP contribution in [-0.2, 0) is 15.3 Å². The van der Waals surface area contributed by atoms with Crippen molar-refractivity contribution in [1.29, 1.82) is 0 Å². The highest BCUT2D eigenvalue weighted by atomic mass is 32.2. The van der Waals surface area contributed by atoms with Crippen molar-refractivity contribution < 1.29 is 13.9 Å². The molecule has 0 saturated carbocycles. The largest absolute Gasteiger partial charge is 0.462 e. The molecule has 1 unspecified atom stereocenters. The van der Waals surface area contributed by atoms with Crippen molar-refractivity contribution >= 4 is 29.4 Å². The van der Waals surface area contributed by atoms with E-state index in [1.54, 1.807) is 16.8 Å². The number of benzene rings is 2. The monoisotopic (exact) mass is 495 g/mol. The minimum absolute atomic E-state index is 0.254. The predicted octanol–water partition coefficient (Wildman–Crippen LogP) is 5.41. The maximum Gasteiger partial charge on any atom is 0.338 e. The molecule has 7 nitrogen and oxygen atoms in total. The maximum atomic E-state index is 14.1. The second-order valence-electron chi connectivity index (χ2n) is 8.58. The van der Waals surface area contributed by atoms with Crippen molar-refractivity contribution in [3.63, 3.8) is 0 Å². The number of hydrogen-bond donors (Lipinski definition) is 1. The summed E-state index contributed by atoms with van der Waals surface area (Å²) in [5, 5.41) is 8.42. The first kappa shape index (κ1) is 24.8. The summed E-state index contributed by atoms with van der Waals surface area (Å²) in [7, 11) is 3.96. The van der Waals surface area contributed by atoms with Gasteiger partial charge in [-0.3, -0.25) is 0 Å². The molecule has 35 heavy (non-hydrogen) atoms. The van der Waals surface area contributed by atoms with E-state index in [0.717, 1.165) is 24.1 Å². The van der Waals surface area contributed by atoms with Gasteiger partial charge in [0.15, 0.2) is 0 Å². The zero-order valence-corrected chi connectivity index (χ0v) is 21.2. The number of nitrogens with zero attached hydrogens (tertiary/aromatic N) is 4. The van der Waals surface area contributed by atoms with Crippen LogP contribution < -0.4 is 10.2 Å². The molecule has 0 amide bonds. The van der Waals surface area contributed by atoms with Gasteiger partial charge < -0.3 is 15.0 Å². The van der Waals surface area contributed by atoms with Crippen molar-refractivity contribution in [2.24, 2.45) is 0 Å². The second kappa shape index (κ2) is 10.9. The Kier molecular flexibility index (Phi) is 7.75. The summed E-state index contributed by atoms with van der Waals surface area (Å²) in [4.78, 5) is 19.8. The third-order valence-corrected chi connectivity index (χ3v) is 6.71. The van der Waals surface area contributed by atoms with Crippen LogP contribution in [0.2, 0.25) is 0 Å². The Balaban J connectivity index is 1.67. The molecule has 3 aromatic rings. The minimum atomic E-state index is -0.494. The molecular formula is C26H30FN5O2S. The van der Waals surface area contributed by atoms with Gasteiger partial charge >= 0.3 is 5.97 Å². The van der Waals surface area contributed by atoms with Gasteiger partial charge in [-0.1, -0.05) is 55.4 Å². The fourth-order valence-corrected chi connectivity index (χ4v) is 4.68. The number of rotatable bonds is 9. The van der Waals surface area contributed by atoms with Gasteiger partial charge in [-0.05, 0) is 42.7 Å². The van der Waals surface area contributed by atoms with Crippen LogP contribution in [0.3, 0.4) is 0 Å². The van der Waals surface area contributed by atoms with Crippen molar-refractivity contribution in [2.75, 3.05) is 30.9 Å². The Labute approximate surface area is 209 Å². The number of carbonyl (C=O) groups is 1. The summed E-state index contributed by atoms with van der Waals surface area (Å²) in [6.07, 6.45) is 1.74. The van der Waals surface area contributed by atoms with E-state index in [1.807, 2.05) is 56.3 Å². The van der Waals surface area contributed by atoms with E-state index in [-0.39, 0.29) is 11.8 Å². The number of hydrogen-bond acceptors (Lipinski definition) is 7. The van der Waals surface area contributed by atoms with Crippen molar-refractivity contribution in [1.82, 2.24) is 14.8 Å². The zero-order chi connectivity index (χ0) is 24.9. The minimum Gasteiger partial charge on any atom is -0.462 e. The van der Waals surface area contributed by atoms with E-state index in [2.05, 4.69) is 17.2 Å². The molecule has 1 N–H and O–H groups in total. The molecule has 1 aliphatic rings. The summed E-state index contributed by atoms with van der Waals surface area (Å²) in [6, 6.07) is 14.2. The Morgan fingerprint density at radius 2 is 1.94 bits per heavy atom. The van der Waals surface area contributed by atoms with Crippen LogP contribution in [-0.4, -0.2) is 41.4 Å². The van der Waals surface area contributed by atoms with Gasteiger partial charge in [0.2, 0.25) is 11.1 Å². The molecule has 0 bridgehead atoms. The van der Waals surface area contributed by atoms with E-state index >= 15 is 0 Å². The van der Waals surface area contributed by atoms with Crippen molar-refractivity contribution in [3.8, 4) is 0 Å². The fourth-order valence-electron chi connectivity index (χ4n) is 3.86. The standard InChI is InChI=1S/C26H30FN5O2S/c1-5-6-15-34-24(33)22-17(2)28-25-29-26(35-16-19-9-7-8-10-21(19)27)30-32(25)23(22)18-11-13-20(14-12-18)31(3)4/h7-14,23H,5-6,15-16H2,1-4H3,(H,28,29,30). The fraction of sp³-hybridized carbons (Fsp3) is 0.346. The van der Waals surface area contributed by atoms with Crippen LogP contribution in [0.4, 0.5) is 16.0 Å². The molecule has 9 heteroatoms. The van der Waals surface area contributed by atoms with E-state index < -0.39 is 6.04 Å². The Morgan fingerprint density at radius 3 is 2.63 bits per heavy atom. The van der Waals surface area contributed by atoms with Crippen molar-refractivity contribution in [2.45, 2.75) is 43.6 Å². The third-order valence-electron chi connectivity index (χ3n) is 5.82. The van der Waals surface area contributed by atoms with E-state index in [0.29, 0.717) is 40.3 Å². The van der Waals surface area contributed by atoms with Crippen molar-refractivity contribution in [3.05, 3.63) is 76.7 Å². The number of aromatic nitrogens is 3. The molecule has 4 rings (SSSR count). The lowest BCUT2D eigenvalue weighted by molar-refractivity contribution is -0.139. The van der Waals surface area contributed by atoms with Gasteiger partial charge in [0.1, 0.15) is 11.9 Å². The van der Waals surface area contributed by atoms with Crippen LogP contribution in [0.25, 0.3) is 0 Å². The first-order valence-corrected chi connectivity index (χ1v) is 12.6. The molecule has 0 aliphatic carbocycles. The third kappa shape index (κ3) is 5.51. The van der Waals surface area contributed by atoms with Crippen LogP contribution >= 0.6 is 11.8 Å². The number of thioether (sulfide) groups is 1. The van der Waals surface area contributed by atoms with E-state index in [4.69, 9.17) is 9.84 Å². The second-order valence-corrected chi connectivity index (χ2v) is 9.53. The summed E-state index contributed by atoms with van der Waals surface area (Å²) >= 11 is 1.35. The molecule has 1 aliphatic heterocycles. The molecule has 2 heterocycles. The number of carbonyl (C=O) groups excluding carboxylic acids is 1. The summed E-state index contributed by atoms with van der Waals surface area (Å²) < 4.78 is 21.4. The smallest absolute Gasteiger partial charge is 0.338 e. The number of unbranched alkanes of at least 4 members (excludes halogenated alkanes) is 1. The van der Waals surface area contributed by atoms with Gasteiger partial charge in [0, 0.05) is 31.2 Å². The molecule has 0 radical (unpaired) electrons. The molecule has 0 saturated heterocycles. The highest BCUT2D eigenvalue weighted by molar-refractivity contribution is 7.98. The molecule has 0 fully saturated rings. The Hall–Kier alpha value is -3.33. The van der Waals surface area contributed by atoms with Crippen LogP contribution in [0.15, 0.2) is 65.0 Å². The first-order valence-electron chi connectivity index (χ1n) is 11.6. The first-order chi connectivity index (χ1) is 16.9. The number of halogens is 1. The van der Waals surface area contributed by atoms with Gasteiger partial charge in [-0.2, -0.15) is 4.98 Å². The summed E-state index contributed by atoms with van der Waals surface area (Å²) in [6.45, 7) is 4.27. The van der Waals surface area contributed by atoms with E-state index in [1.165, 1.54) is 17.8 Å². The Bertz CT molecular complexity index is 1220. The molecule has 1 aromatic heterocycles. The van der Waals surface area contributed by atoms with Crippen LogP contribution in [0.1, 0.15) is 43.9 Å². The topological polar surface area (TPSA) is 72.3 Å². The quantitative estimate of drug-likeness (QED) is 0.242. The van der Waals surface area contributed by atoms with Crippen LogP contribution in [0.5, 0.6) is 0 Å². The number of anilines is 2. The lowest BCUT2D eigenvalue weighted by Crippen LogP contribution is -2.29. The van der Waals surface area contributed by atoms with Gasteiger partial charge in [0.05, 0.1) is 12.2 Å². The summed E-state index contributed by atoms with van der Waals surface area (Å²) in [5.74, 6) is 0.309. The molecule has 1 atom stereocenters. The molecular weight excluding hydrogens is 465 g/mol. The molecule has 0 spiro atoms. The number of fused-ring (bicyclic) bond motifs is 1. The molecule has 2 aromatic carbocycles. The number of allylic oxidation sites excluding steroid dienone is 1. The number of nitrogens with one attached hydrogen (secondary N) is 1. The highest BCUT2D eigenvalue weighted by Gasteiger charge is 2.35. The lowest BCUT2D eigenvalue weighted by atomic mass is 9.95. The summed E-state index contributed by atoms with van der Waals surface area (Å²) in [5.41, 5.74) is 3.72. The average molecular weight is 496 g/mol. The van der Waals surface area contributed by atoms with Gasteiger partial charge in [-0.15, -0.1) is 5.10 Å². The highest BCUT2D eigenvalue weighted by Crippen LogP contribution is 2.37. The SMILES string of the molecule is CCCCOC(=O)C1=C(C)Nc2nc(SCc3ccccc3F)nn2C1c1ccc(N(C)C)cc1. The number of ether oxygens (including phenoxy) is 1. The lowest BCUT2D eigenvalue weighted by Gasteiger charge is -2.28. The number of esters is 1. The zero-order valence-electron chi connectivity index (χ0n) is 20.4.